The first-order valence-corrected chi connectivity index (χ1v) is 10.6. The molecule has 3 rings (SSSR count). The summed E-state index contributed by atoms with van der Waals surface area (Å²) in [6.45, 7) is 19.7. The number of benzene rings is 1. The van der Waals surface area contributed by atoms with Gasteiger partial charge >= 0.3 is 0 Å². The van der Waals surface area contributed by atoms with Crippen LogP contribution in [0.4, 0.5) is 5.69 Å². The van der Waals surface area contributed by atoms with Gasteiger partial charge in [0.15, 0.2) is 5.82 Å². The zero-order valence-electron chi connectivity index (χ0n) is 18.6. The highest BCUT2D eigenvalue weighted by Gasteiger charge is 2.34. The van der Waals surface area contributed by atoms with Crippen molar-refractivity contribution in [2.45, 2.75) is 66.5 Å². The van der Waals surface area contributed by atoms with Crippen LogP contribution in [-0.4, -0.2) is 51.3 Å². The molecule has 2 aromatic rings. The van der Waals surface area contributed by atoms with E-state index in [2.05, 4.69) is 96.7 Å². The molecule has 0 radical (unpaired) electrons. The van der Waals surface area contributed by atoms with Gasteiger partial charge < -0.3 is 4.90 Å². The molecule has 1 fully saturated rings. The lowest BCUT2D eigenvalue weighted by Crippen LogP contribution is -2.49. The van der Waals surface area contributed by atoms with Crippen LogP contribution in [0.1, 0.15) is 64.0 Å². The number of aryl methyl sites for hydroxylation is 1. The van der Waals surface area contributed by atoms with Gasteiger partial charge in [0.1, 0.15) is 0 Å². The first kappa shape index (κ1) is 20.8. The molecule has 6 heteroatoms. The van der Waals surface area contributed by atoms with Crippen molar-refractivity contribution in [3.63, 3.8) is 0 Å². The van der Waals surface area contributed by atoms with Gasteiger partial charge in [0.05, 0.1) is 11.6 Å². The third kappa shape index (κ3) is 3.93. The van der Waals surface area contributed by atoms with Crippen LogP contribution in [-0.2, 0) is 5.54 Å². The minimum Gasteiger partial charge on any atom is -0.369 e. The molecule has 2 heterocycles. The second kappa shape index (κ2) is 8.19. The summed E-state index contributed by atoms with van der Waals surface area (Å²) in [6.07, 6.45) is 0.996. The third-order valence-electron chi connectivity index (χ3n) is 6.45. The molecule has 0 unspecified atom stereocenters. The Balaban J connectivity index is 1.80. The molecule has 154 valence electrons. The number of hydrogen-bond acceptors (Lipinski definition) is 5. The van der Waals surface area contributed by atoms with Crippen LogP contribution in [0.25, 0.3) is 0 Å². The van der Waals surface area contributed by atoms with Crippen LogP contribution in [0.15, 0.2) is 18.2 Å². The fraction of sp³-hybridized carbons (Fsp3) is 0.682. The smallest absolute Gasteiger partial charge is 0.169 e. The fourth-order valence-corrected chi connectivity index (χ4v) is 4.16. The Kier molecular flexibility index (Phi) is 6.08. The molecular formula is C22H36N6. The number of anilines is 1. The molecule has 0 amide bonds. The van der Waals surface area contributed by atoms with E-state index >= 15 is 0 Å². The predicted molar refractivity (Wildman–Crippen MR) is 115 cm³/mol. The molecule has 1 saturated heterocycles. The van der Waals surface area contributed by atoms with Crippen LogP contribution >= 0.6 is 0 Å². The Labute approximate surface area is 169 Å². The quantitative estimate of drug-likeness (QED) is 0.755. The van der Waals surface area contributed by atoms with Crippen molar-refractivity contribution in [3.05, 3.63) is 35.2 Å². The maximum atomic E-state index is 4.48. The van der Waals surface area contributed by atoms with Crippen molar-refractivity contribution in [1.29, 1.82) is 0 Å². The SMILES string of the molecule is CCC(C)(C)n1nnnc1[C@@H](C(C)C)N1CCN(c2cccc(C)c2C)CC1. The van der Waals surface area contributed by atoms with E-state index < -0.39 is 0 Å². The van der Waals surface area contributed by atoms with Gasteiger partial charge in [-0.15, -0.1) is 5.10 Å². The van der Waals surface area contributed by atoms with E-state index in [0.717, 1.165) is 38.4 Å². The van der Waals surface area contributed by atoms with Gasteiger partial charge in [-0.2, -0.15) is 0 Å². The number of hydrogen-bond donors (Lipinski definition) is 0. The Morgan fingerprint density at radius 3 is 2.36 bits per heavy atom. The van der Waals surface area contributed by atoms with Crippen molar-refractivity contribution in [1.82, 2.24) is 25.1 Å². The highest BCUT2D eigenvalue weighted by Crippen LogP contribution is 2.32. The van der Waals surface area contributed by atoms with E-state index in [1.54, 1.807) is 0 Å². The minimum absolute atomic E-state index is 0.0769. The average molecular weight is 385 g/mol. The van der Waals surface area contributed by atoms with E-state index in [-0.39, 0.29) is 11.6 Å². The zero-order valence-corrected chi connectivity index (χ0v) is 18.6. The topological polar surface area (TPSA) is 50.1 Å². The molecule has 0 N–H and O–H groups in total. The van der Waals surface area contributed by atoms with Crippen molar-refractivity contribution >= 4 is 5.69 Å². The normalized spacial score (nSPS) is 17.4. The number of piperazine rings is 1. The molecular weight excluding hydrogens is 348 g/mol. The Morgan fingerprint density at radius 1 is 1.07 bits per heavy atom. The summed E-state index contributed by atoms with van der Waals surface area (Å²) in [5, 5.41) is 12.9. The lowest BCUT2D eigenvalue weighted by Gasteiger charge is -2.42. The van der Waals surface area contributed by atoms with Crippen LogP contribution in [0, 0.1) is 19.8 Å². The summed E-state index contributed by atoms with van der Waals surface area (Å²) in [5.74, 6) is 1.45. The van der Waals surface area contributed by atoms with Crippen molar-refractivity contribution < 1.29 is 0 Å². The second-order valence-corrected chi connectivity index (χ2v) is 9.05. The van der Waals surface area contributed by atoms with Gasteiger partial charge in [-0.3, -0.25) is 4.90 Å². The molecule has 0 saturated carbocycles. The van der Waals surface area contributed by atoms with E-state index in [0.29, 0.717) is 5.92 Å². The van der Waals surface area contributed by atoms with Crippen molar-refractivity contribution in [2.24, 2.45) is 5.92 Å². The highest BCUT2D eigenvalue weighted by molar-refractivity contribution is 5.56. The molecule has 1 aliphatic heterocycles. The maximum absolute atomic E-state index is 4.48. The number of nitrogens with zero attached hydrogens (tertiary/aromatic N) is 6. The summed E-state index contributed by atoms with van der Waals surface area (Å²) < 4.78 is 2.05. The first-order valence-electron chi connectivity index (χ1n) is 10.6. The van der Waals surface area contributed by atoms with E-state index in [1.807, 2.05) is 0 Å². The monoisotopic (exact) mass is 384 g/mol. The van der Waals surface area contributed by atoms with Gasteiger partial charge in [-0.25, -0.2) is 4.68 Å². The fourth-order valence-electron chi connectivity index (χ4n) is 4.16. The molecule has 1 aromatic heterocycles. The van der Waals surface area contributed by atoms with Crippen molar-refractivity contribution in [3.8, 4) is 0 Å². The summed E-state index contributed by atoms with van der Waals surface area (Å²) in [5.41, 5.74) is 4.05. The molecule has 0 bridgehead atoms. The van der Waals surface area contributed by atoms with Crippen LogP contribution in [0.5, 0.6) is 0 Å². The van der Waals surface area contributed by atoms with Crippen LogP contribution in [0.3, 0.4) is 0 Å². The lowest BCUT2D eigenvalue weighted by atomic mass is 9.97. The van der Waals surface area contributed by atoms with E-state index in [1.165, 1.54) is 16.8 Å². The highest BCUT2D eigenvalue weighted by atomic mass is 15.6. The van der Waals surface area contributed by atoms with E-state index in [9.17, 15) is 0 Å². The number of aromatic nitrogens is 4. The number of rotatable bonds is 6. The lowest BCUT2D eigenvalue weighted by molar-refractivity contribution is 0.126. The van der Waals surface area contributed by atoms with E-state index in [4.69, 9.17) is 0 Å². The molecule has 1 atom stereocenters. The minimum atomic E-state index is -0.0769. The molecule has 28 heavy (non-hydrogen) atoms. The summed E-state index contributed by atoms with van der Waals surface area (Å²) in [7, 11) is 0. The standard InChI is InChI=1S/C22H36N6/c1-8-22(6,7)28-21(23-24-25-28)20(16(2)3)27-14-12-26(13-15-27)19-11-9-10-17(4)18(19)5/h9-11,16,20H,8,12-15H2,1-7H3/t20-/m1/s1. The summed E-state index contributed by atoms with van der Waals surface area (Å²) in [6, 6.07) is 6.85. The summed E-state index contributed by atoms with van der Waals surface area (Å²) >= 11 is 0. The first-order chi connectivity index (χ1) is 13.3. The van der Waals surface area contributed by atoms with Gasteiger partial charge in [0, 0.05) is 31.9 Å². The second-order valence-electron chi connectivity index (χ2n) is 9.05. The molecule has 0 aliphatic carbocycles. The Hall–Kier alpha value is -1.95. The molecule has 1 aliphatic rings. The Bertz CT molecular complexity index is 786. The van der Waals surface area contributed by atoms with Crippen molar-refractivity contribution in [2.75, 3.05) is 31.1 Å². The molecule has 6 nitrogen and oxygen atoms in total. The van der Waals surface area contributed by atoms with Gasteiger partial charge in [-0.05, 0) is 67.7 Å². The van der Waals surface area contributed by atoms with Crippen LogP contribution in [0.2, 0.25) is 0 Å². The maximum Gasteiger partial charge on any atom is 0.169 e. The number of tetrazole rings is 1. The largest absolute Gasteiger partial charge is 0.369 e. The average Bonchev–Trinajstić information content (AvgIpc) is 3.15. The van der Waals surface area contributed by atoms with Gasteiger partial charge in [-0.1, -0.05) is 32.9 Å². The van der Waals surface area contributed by atoms with Gasteiger partial charge in [0.2, 0.25) is 0 Å². The Morgan fingerprint density at radius 2 is 1.75 bits per heavy atom. The summed E-state index contributed by atoms with van der Waals surface area (Å²) in [4.78, 5) is 5.09. The van der Waals surface area contributed by atoms with Gasteiger partial charge in [0.25, 0.3) is 0 Å². The predicted octanol–water partition coefficient (Wildman–Crippen LogP) is 3.95. The zero-order chi connectivity index (χ0) is 20.5. The van der Waals surface area contributed by atoms with Crippen LogP contribution < -0.4 is 4.90 Å². The molecule has 1 aromatic carbocycles. The molecule has 0 spiro atoms. The third-order valence-corrected chi connectivity index (χ3v) is 6.45.